The fourth-order valence-electron chi connectivity index (χ4n) is 1.90. The second kappa shape index (κ2) is 8.66. The summed E-state index contributed by atoms with van der Waals surface area (Å²) in [5, 5.41) is 3.29. The maximum absolute atomic E-state index is 12.8. The van der Waals surface area contributed by atoms with Crippen LogP contribution in [0.3, 0.4) is 0 Å². The number of esters is 1. The summed E-state index contributed by atoms with van der Waals surface area (Å²) >= 11 is 11.9. The Hall–Kier alpha value is -2.11. The number of hydrogen-bond donors (Lipinski definition) is 1. The summed E-state index contributed by atoms with van der Waals surface area (Å²) in [5.74, 6) is -1.42. The third-order valence-electron chi connectivity index (χ3n) is 3.15. The van der Waals surface area contributed by atoms with Crippen LogP contribution < -0.4 is 5.32 Å². The predicted octanol–water partition coefficient (Wildman–Crippen LogP) is 3.53. The Balaban J connectivity index is 1.77. The molecule has 0 unspecified atom stereocenters. The predicted molar refractivity (Wildman–Crippen MR) is 89.4 cm³/mol. The molecular weight excluding hydrogens is 356 g/mol. The van der Waals surface area contributed by atoms with Crippen molar-refractivity contribution in [3.8, 4) is 0 Å². The van der Waals surface area contributed by atoms with Crippen LogP contribution in [0.15, 0.2) is 42.5 Å². The summed E-state index contributed by atoms with van der Waals surface area (Å²) in [6.07, 6.45) is -0.121. The molecule has 7 heteroatoms. The molecule has 0 bridgehead atoms. The minimum atomic E-state index is -0.609. The number of halogens is 3. The Morgan fingerprint density at radius 3 is 2.29 bits per heavy atom. The molecule has 4 nitrogen and oxygen atoms in total. The molecule has 1 amide bonds. The molecule has 0 radical (unpaired) electrons. The van der Waals surface area contributed by atoms with Crippen LogP contribution in [-0.2, 0) is 27.3 Å². The Labute approximate surface area is 148 Å². The summed E-state index contributed by atoms with van der Waals surface area (Å²) in [7, 11) is 0. The number of carbonyl (C=O) groups is 2. The fraction of sp³-hybridized carbons (Fsp3) is 0.176. The minimum Gasteiger partial charge on any atom is -0.455 e. The smallest absolute Gasteiger partial charge is 0.310 e. The van der Waals surface area contributed by atoms with E-state index in [1.165, 1.54) is 12.1 Å². The summed E-state index contributed by atoms with van der Waals surface area (Å²) in [5.41, 5.74) is 1.19. The Morgan fingerprint density at radius 2 is 1.67 bits per heavy atom. The fourth-order valence-corrected chi connectivity index (χ4v) is 2.43. The summed E-state index contributed by atoms with van der Waals surface area (Å²) in [4.78, 5) is 23.4. The van der Waals surface area contributed by atoms with Gasteiger partial charge in [-0.1, -0.05) is 41.4 Å². The molecular formula is C17H14Cl2FNO3. The molecule has 2 aromatic carbocycles. The van der Waals surface area contributed by atoms with Gasteiger partial charge in [0.25, 0.3) is 5.91 Å². The van der Waals surface area contributed by atoms with Crippen molar-refractivity contribution in [1.82, 2.24) is 5.32 Å². The van der Waals surface area contributed by atoms with Crippen LogP contribution in [0.1, 0.15) is 11.1 Å². The highest BCUT2D eigenvalue weighted by atomic mass is 35.5. The maximum atomic E-state index is 12.8. The number of ether oxygens (including phenoxy) is 1. The first kappa shape index (κ1) is 18.2. The first-order chi connectivity index (χ1) is 11.5. The maximum Gasteiger partial charge on any atom is 0.310 e. The summed E-state index contributed by atoms with van der Waals surface area (Å²) in [6, 6.07) is 10.6. The zero-order chi connectivity index (χ0) is 17.5. The zero-order valence-electron chi connectivity index (χ0n) is 12.5. The second-order valence-electron chi connectivity index (χ2n) is 4.94. The molecule has 1 N–H and O–H groups in total. The van der Waals surface area contributed by atoms with E-state index in [0.717, 1.165) is 5.56 Å². The molecule has 0 saturated heterocycles. The van der Waals surface area contributed by atoms with Gasteiger partial charge in [0.2, 0.25) is 0 Å². The normalized spacial score (nSPS) is 10.3. The van der Waals surface area contributed by atoms with Crippen molar-refractivity contribution in [1.29, 1.82) is 0 Å². The second-order valence-corrected chi connectivity index (χ2v) is 5.76. The van der Waals surface area contributed by atoms with E-state index >= 15 is 0 Å². The summed E-state index contributed by atoms with van der Waals surface area (Å²) < 4.78 is 17.7. The van der Waals surface area contributed by atoms with Gasteiger partial charge in [0.1, 0.15) is 5.82 Å². The highest BCUT2D eigenvalue weighted by Crippen LogP contribution is 2.24. The lowest BCUT2D eigenvalue weighted by atomic mass is 10.1. The first-order valence-electron chi connectivity index (χ1n) is 7.05. The average Bonchev–Trinajstić information content (AvgIpc) is 2.56. The van der Waals surface area contributed by atoms with E-state index in [2.05, 4.69) is 5.32 Å². The largest absolute Gasteiger partial charge is 0.455 e. The molecule has 0 aromatic heterocycles. The van der Waals surface area contributed by atoms with Crippen LogP contribution in [0.4, 0.5) is 4.39 Å². The number of benzene rings is 2. The Morgan fingerprint density at radius 1 is 1.04 bits per heavy atom. The minimum absolute atomic E-state index is 0.121. The van der Waals surface area contributed by atoms with E-state index in [4.69, 9.17) is 27.9 Å². The highest BCUT2D eigenvalue weighted by Gasteiger charge is 2.13. The van der Waals surface area contributed by atoms with Crippen molar-refractivity contribution >= 4 is 35.1 Å². The average molecular weight is 370 g/mol. The van der Waals surface area contributed by atoms with Crippen molar-refractivity contribution < 1.29 is 18.7 Å². The molecule has 0 aliphatic rings. The molecule has 24 heavy (non-hydrogen) atoms. The standard InChI is InChI=1S/C17H14Cl2FNO3/c18-14-2-1-3-15(19)13(14)8-17(23)24-10-16(22)21-9-11-4-6-12(20)7-5-11/h1-7H,8-10H2,(H,21,22). The van der Waals surface area contributed by atoms with Gasteiger partial charge in [-0.05, 0) is 29.8 Å². The van der Waals surface area contributed by atoms with Gasteiger partial charge in [0.15, 0.2) is 6.61 Å². The third-order valence-corrected chi connectivity index (χ3v) is 3.86. The number of carbonyl (C=O) groups excluding carboxylic acids is 2. The molecule has 2 rings (SSSR count). The van der Waals surface area contributed by atoms with Crippen LogP contribution in [0.2, 0.25) is 10.0 Å². The molecule has 0 aliphatic heterocycles. The molecule has 0 heterocycles. The van der Waals surface area contributed by atoms with E-state index in [9.17, 15) is 14.0 Å². The van der Waals surface area contributed by atoms with Crippen LogP contribution in [-0.4, -0.2) is 18.5 Å². The molecule has 0 fully saturated rings. The molecule has 0 saturated carbocycles. The Kier molecular flexibility index (Phi) is 6.58. The van der Waals surface area contributed by atoms with Crippen molar-refractivity contribution in [3.05, 3.63) is 69.5 Å². The van der Waals surface area contributed by atoms with Gasteiger partial charge >= 0.3 is 5.97 Å². The number of hydrogen-bond acceptors (Lipinski definition) is 3. The lowest BCUT2D eigenvalue weighted by Crippen LogP contribution is -2.28. The SMILES string of the molecule is O=C(COC(=O)Cc1c(Cl)cccc1Cl)NCc1ccc(F)cc1. The summed E-state index contributed by atoms with van der Waals surface area (Å²) in [6.45, 7) is -0.199. The van der Waals surface area contributed by atoms with Gasteiger partial charge in [-0.15, -0.1) is 0 Å². The van der Waals surface area contributed by atoms with Gasteiger partial charge in [-0.25, -0.2) is 4.39 Å². The van der Waals surface area contributed by atoms with Gasteiger partial charge in [-0.2, -0.15) is 0 Å². The lowest BCUT2D eigenvalue weighted by molar-refractivity contribution is -0.147. The molecule has 126 valence electrons. The van der Waals surface area contributed by atoms with Crippen LogP contribution in [0.5, 0.6) is 0 Å². The van der Waals surface area contributed by atoms with E-state index in [1.54, 1.807) is 30.3 Å². The first-order valence-corrected chi connectivity index (χ1v) is 7.81. The van der Waals surface area contributed by atoms with Crippen LogP contribution in [0, 0.1) is 5.82 Å². The quantitative estimate of drug-likeness (QED) is 0.792. The lowest BCUT2D eigenvalue weighted by Gasteiger charge is -2.08. The van der Waals surface area contributed by atoms with E-state index < -0.39 is 18.5 Å². The van der Waals surface area contributed by atoms with Crippen molar-refractivity contribution in [3.63, 3.8) is 0 Å². The van der Waals surface area contributed by atoms with Gasteiger partial charge in [-0.3, -0.25) is 9.59 Å². The van der Waals surface area contributed by atoms with Crippen LogP contribution >= 0.6 is 23.2 Å². The van der Waals surface area contributed by atoms with E-state index in [-0.39, 0.29) is 18.8 Å². The number of rotatable bonds is 6. The molecule has 0 spiro atoms. The topological polar surface area (TPSA) is 55.4 Å². The Bertz CT molecular complexity index is 715. The molecule has 2 aromatic rings. The van der Waals surface area contributed by atoms with Gasteiger partial charge in [0.05, 0.1) is 6.42 Å². The van der Waals surface area contributed by atoms with Crippen molar-refractivity contribution in [2.45, 2.75) is 13.0 Å². The molecule has 0 aliphatic carbocycles. The van der Waals surface area contributed by atoms with E-state index in [1.807, 2.05) is 0 Å². The number of nitrogens with one attached hydrogen (secondary N) is 1. The van der Waals surface area contributed by atoms with Crippen molar-refractivity contribution in [2.24, 2.45) is 0 Å². The monoisotopic (exact) mass is 369 g/mol. The van der Waals surface area contributed by atoms with Crippen LogP contribution in [0.25, 0.3) is 0 Å². The highest BCUT2D eigenvalue weighted by molar-refractivity contribution is 6.36. The van der Waals surface area contributed by atoms with Gasteiger partial charge < -0.3 is 10.1 Å². The number of amides is 1. The third kappa shape index (κ3) is 5.51. The molecule has 0 atom stereocenters. The van der Waals surface area contributed by atoms with E-state index in [0.29, 0.717) is 15.6 Å². The zero-order valence-corrected chi connectivity index (χ0v) is 14.0. The van der Waals surface area contributed by atoms with Gasteiger partial charge in [0, 0.05) is 22.2 Å². The van der Waals surface area contributed by atoms with Crippen molar-refractivity contribution in [2.75, 3.05) is 6.61 Å².